The number of aryl methyl sites for hydroxylation is 1. The summed E-state index contributed by atoms with van der Waals surface area (Å²) >= 11 is 0. The van der Waals surface area contributed by atoms with Crippen LogP contribution in [0.25, 0.3) is 0 Å². The lowest BCUT2D eigenvalue weighted by atomic mass is 10.1. The van der Waals surface area contributed by atoms with Gasteiger partial charge in [-0.05, 0) is 43.5 Å². The van der Waals surface area contributed by atoms with Gasteiger partial charge in [-0.3, -0.25) is 4.79 Å². The first-order valence-electron chi connectivity index (χ1n) is 5.79. The normalized spacial score (nSPS) is 12.2. The molecule has 3 nitrogen and oxygen atoms in total. The fourth-order valence-corrected chi connectivity index (χ4v) is 1.55. The van der Waals surface area contributed by atoms with Crippen molar-refractivity contribution < 1.29 is 9.18 Å². The first-order valence-corrected chi connectivity index (χ1v) is 5.79. The average Bonchev–Trinajstić information content (AvgIpc) is 2.26. The van der Waals surface area contributed by atoms with Gasteiger partial charge in [0.15, 0.2) is 0 Å². The van der Waals surface area contributed by atoms with Crippen LogP contribution < -0.4 is 11.1 Å². The molecule has 1 rings (SSSR count). The molecule has 17 heavy (non-hydrogen) atoms. The molecule has 0 aliphatic heterocycles. The summed E-state index contributed by atoms with van der Waals surface area (Å²) in [5.41, 5.74) is 6.31. The molecule has 1 aromatic rings. The summed E-state index contributed by atoms with van der Waals surface area (Å²) in [7, 11) is 0. The smallest absolute Gasteiger partial charge is 0.254 e. The minimum Gasteiger partial charge on any atom is -0.352 e. The number of amides is 1. The maximum atomic E-state index is 13.5. The number of rotatable bonds is 5. The standard InChI is InChI=1S/C13H19FN2O/c1-9-3-4-11(12(14)7-9)13(17)16-8-10(2)5-6-15/h3-4,7,10H,5-6,8,15H2,1-2H3,(H,16,17). The van der Waals surface area contributed by atoms with Gasteiger partial charge in [0.25, 0.3) is 5.91 Å². The van der Waals surface area contributed by atoms with E-state index in [9.17, 15) is 9.18 Å². The highest BCUT2D eigenvalue weighted by Gasteiger charge is 2.12. The van der Waals surface area contributed by atoms with Crippen molar-refractivity contribution in [3.8, 4) is 0 Å². The van der Waals surface area contributed by atoms with Crippen LogP contribution in [0.4, 0.5) is 4.39 Å². The van der Waals surface area contributed by atoms with Crippen molar-refractivity contribution in [2.24, 2.45) is 11.7 Å². The van der Waals surface area contributed by atoms with E-state index in [2.05, 4.69) is 5.32 Å². The third-order valence-electron chi connectivity index (χ3n) is 2.64. The van der Waals surface area contributed by atoms with Crippen LogP contribution in [-0.4, -0.2) is 19.0 Å². The molecule has 0 heterocycles. The summed E-state index contributed by atoms with van der Waals surface area (Å²) in [5.74, 6) is -0.544. The third-order valence-corrected chi connectivity index (χ3v) is 2.64. The number of carbonyl (C=O) groups excluding carboxylic acids is 1. The zero-order chi connectivity index (χ0) is 12.8. The Bertz CT molecular complexity index is 393. The second-order valence-electron chi connectivity index (χ2n) is 4.38. The average molecular weight is 238 g/mol. The van der Waals surface area contributed by atoms with Crippen LogP contribution in [0.1, 0.15) is 29.3 Å². The first-order chi connectivity index (χ1) is 8.04. The SMILES string of the molecule is Cc1ccc(C(=O)NCC(C)CCN)c(F)c1. The molecule has 0 radical (unpaired) electrons. The van der Waals surface area contributed by atoms with E-state index in [-0.39, 0.29) is 11.5 Å². The van der Waals surface area contributed by atoms with Crippen molar-refractivity contribution >= 4 is 5.91 Å². The van der Waals surface area contributed by atoms with E-state index >= 15 is 0 Å². The number of nitrogens with two attached hydrogens (primary N) is 1. The van der Waals surface area contributed by atoms with Crippen LogP contribution in [0, 0.1) is 18.7 Å². The molecule has 1 unspecified atom stereocenters. The molecule has 0 spiro atoms. The lowest BCUT2D eigenvalue weighted by Crippen LogP contribution is -2.29. The molecule has 3 N–H and O–H groups in total. The summed E-state index contributed by atoms with van der Waals surface area (Å²) in [5, 5.41) is 2.71. The quantitative estimate of drug-likeness (QED) is 0.822. The fraction of sp³-hybridized carbons (Fsp3) is 0.462. The van der Waals surface area contributed by atoms with Crippen LogP contribution >= 0.6 is 0 Å². The lowest BCUT2D eigenvalue weighted by Gasteiger charge is -2.11. The van der Waals surface area contributed by atoms with Crippen LogP contribution in [0.15, 0.2) is 18.2 Å². The topological polar surface area (TPSA) is 55.1 Å². The molecule has 1 atom stereocenters. The number of hydrogen-bond donors (Lipinski definition) is 2. The number of hydrogen-bond acceptors (Lipinski definition) is 2. The Balaban J connectivity index is 2.58. The minimum atomic E-state index is -0.478. The monoisotopic (exact) mass is 238 g/mol. The molecular formula is C13H19FN2O. The highest BCUT2D eigenvalue weighted by atomic mass is 19.1. The predicted octanol–water partition coefficient (Wildman–Crippen LogP) is 1.85. The third kappa shape index (κ3) is 4.15. The van der Waals surface area contributed by atoms with Gasteiger partial charge in [-0.15, -0.1) is 0 Å². The lowest BCUT2D eigenvalue weighted by molar-refractivity contribution is 0.0943. The van der Waals surface area contributed by atoms with Crippen LogP contribution in [-0.2, 0) is 0 Å². The molecule has 0 bridgehead atoms. The Kier molecular flexibility index (Phi) is 5.10. The van der Waals surface area contributed by atoms with Gasteiger partial charge in [-0.25, -0.2) is 4.39 Å². The molecular weight excluding hydrogens is 219 g/mol. The van der Waals surface area contributed by atoms with E-state index in [1.807, 2.05) is 6.92 Å². The first kappa shape index (κ1) is 13.6. The van der Waals surface area contributed by atoms with Gasteiger partial charge >= 0.3 is 0 Å². The van der Waals surface area contributed by atoms with Gasteiger partial charge < -0.3 is 11.1 Å². The van der Waals surface area contributed by atoms with Gasteiger partial charge in [0.05, 0.1) is 5.56 Å². The number of benzene rings is 1. The highest BCUT2D eigenvalue weighted by molar-refractivity contribution is 5.94. The molecule has 1 aromatic carbocycles. The van der Waals surface area contributed by atoms with Gasteiger partial charge in [-0.2, -0.15) is 0 Å². The Morgan fingerprint density at radius 3 is 2.82 bits per heavy atom. The van der Waals surface area contributed by atoms with Gasteiger partial charge in [0.2, 0.25) is 0 Å². The molecule has 0 aliphatic carbocycles. The molecule has 0 saturated heterocycles. The zero-order valence-corrected chi connectivity index (χ0v) is 10.3. The molecule has 0 aliphatic rings. The Morgan fingerprint density at radius 2 is 2.24 bits per heavy atom. The fourth-order valence-electron chi connectivity index (χ4n) is 1.55. The van der Waals surface area contributed by atoms with Gasteiger partial charge in [-0.1, -0.05) is 13.0 Å². The summed E-state index contributed by atoms with van der Waals surface area (Å²) in [4.78, 5) is 11.7. The zero-order valence-electron chi connectivity index (χ0n) is 10.3. The van der Waals surface area contributed by atoms with Crippen LogP contribution in [0.2, 0.25) is 0 Å². The molecule has 4 heteroatoms. The predicted molar refractivity (Wildman–Crippen MR) is 66.3 cm³/mol. The molecule has 0 aromatic heterocycles. The van der Waals surface area contributed by atoms with E-state index in [1.54, 1.807) is 13.0 Å². The van der Waals surface area contributed by atoms with E-state index in [0.29, 0.717) is 19.0 Å². The summed E-state index contributed by atoms with van der Waals surface area (Å²) < 4.78 is 13.5. The second-order valence-corrected chi connectivity index (χ2v) is 4.38. The van der Waals surface area contributed by atoms with E-state index in [1.165, 1.54) is 12.1 Å². The highest BCUT2D eigenvalue weighted by Crippen LogP contribution is 2.10. The van der Waals surface area contributed by atoms with E-state index in [4.69, 9.17) is 5.73 Å². The van der Waals surface area contributed by atoms with Crippen molar-refractivity contribution in [2.45, 2.75) is 20.3 Å². The minimum absolute atomic E-state index is 0.0931. The van der Waals surface area contributed by atoms with Crippen LogP contribution in [0.5, 0.6) is 0 Å². The largest absolute Gasteiger partial charge is 0.352 e. The van der Waals surface area contributed by atoms with Crippen LogP contribution in [0.3, 0.4) is 0 Å². The number of halogens is 1. The molecule has 94 valence electrons. The number of carbonyl (C=O) groups is 1. The maximum absolute atomic E-state index is 13.5. The Hall–Kier alpha value is -1.42. The maximum Gasteiger partial charge on any atom is 0.254 e. The van der Waals surface area contributed by atoms with Crippen molar-refractivity contribution in [3.63, 3.8) is 0 Å². The molecule has 0 saturated carbocycles. The molecule has 1 amide bonds. The van der Waals surface area contributed by atoms with Gasteiger partial charge in [0, 0.05) is 6.54 Å². The summed E-state index contributed by atoms with van der Waals surface area (Å²) in [6, 6.07) is 4.59. The Labute approximate surface area is 101 Å². The van der Waals surface area contributed by atoms with Crippen molar-refractivity contribution in [2.75, 3.05) is 13.1 Å². The van der Waals surface area contributed by atoms with Crippen molar-refractivity contribution in [3.05, 3.63) is 35.1 Å². The number of nitrogens with one attached hydrogen (secondary N) is 1. The summed E-state index contributed by atoms with van der Waals surface area (Å²) in [6.07, 6.45) is 0.844. The second kappa shape index (κ2) is 6.35. The summed E-state index contributed by atoms with van der Waals surface area (Å²) in [6.45, 7) is 4.89. The molecule has 0 fully saturated rings. The van der Waals surface area contributed by atoms with Gasteiger partial charge in [0.1, 0.15) is 5.82 Å². The van der Waals surface area contributed by atoms with E-state index in [0.717, 1.165) is 12.0 Å². The Morgan fingerprint density at radius 1 is 1.53 bits per heavy atom. The van der Waals surface area contributed by atoms with E-state index < -0.39 is 5.82 Å². The van der Waals surface area contributed by atoms with Crippen molar-refractivity contribution in [1.29, 1.82) is 0 Å². The van der Waals surface area contributed by atoms with Crippen molar-refractivity contribution in [1.82, 2.24) is 5.32 Å².